The average molecular weight is 576 g/mol. The highest BCUT2D eigenvalue weighted by Crippen LogP contribution is 2.40. The van der Waals surface area contributed by atoms with E-state index in [1.165, 1.54) is 10.9 Å². The van der Waals surface area contributed by atoms with E-state index in [2.05, 4.69) is 45.9 Å². The zero-order valence-electron chi connectivity index (χ0n) is 23.2. The van der Waals surface area contributed by atoms with Crippen molar-refractivity contribution in [3.05, 3.63) is 70.2 Å². The van der Waals surface area contributed by atoms with Crippen molar-refractivity contribution in [2.75, 3.05) is 12.4 Å². The third-order valence-corrected chi connectivity index (χ3v) is 7.72. The molecule has 1 fully saturated rings. The van der Waals surface area contributed by atoms with E-state index in [-0.39, 0.29) is 23.6 Å². The van der Waals surface area contributed by atoms with Crippen molar-refractivity contribution in [1.82, 2.24) is 50.2 Å². The molecular weight excluding hydrogens is 545 g/mol. The highest BCUT2D eigenvalue weighted by molar-refractivity contribution is 5.86. The zero-order valence-corrected chi connectivity index (χ0v) is 23.2. The van der Waals surface area contributed by atoms with Crippen LogP contribution in [0.4, 0.5) is 16.0 Å². The Hall–Kier alpha value is -4.92. The van der Waals surface area contributed by atoms with E-state index in [4.69, 9.17) is 9.72 Å². The predicted octanol–water partition coefficient (Wildman–Crippen LogP) is 3.06. The lowest BCUT2D eigenvalue weighted by atomic mass is 9.77. The van der Waals surface area contributed by atoms with Crippen LogP contribution in [0.3, 0.4) is 0 Å². The Morgan fingerprint density at radius 2 is 2.02 bits per heavy atom. The minimum atomic E-state index is -1.01. The number of fused-ring (bicyclic) bond motifs is 1. The molecule has 6 rings (SSSR count). The largest absolute Gasteiger partial charge is 0.368 e. The maximum atomic E-state index is 13.5. The van der Waals surface area contributed by atoms with Crippen LogP contribution in [0.25, 0.3) is 17.0 Å². The number of nitrogens with one attached hydrogen (secondary N) is 5. The lowest BCUT2D eigenvalue weighted by Gasteiger charge is -2.38. The number of amides is 1. The van der Waals surface area contributed by atoms with Crippen molar-refractivity contribution >= 4 is 28.7 Å². The zero-order chi connectivity index (χ0) is 29.4. The van der Waals surface area contributed by atoms with Gasteiger partial charge in [-0.2, -0.15) is 10.2 Å². The molecule has 42 heavy (non-hydrogen) atoms. The maximum Gasteiger partial charge on any atom is 0.325 e. The standard InChI is InChI=1S/C27H30FN11O3/c1-14-10-19(38-37-14)32-23-21-24(36-26(41)33-21)35-22(34-23)16-6-8-27(42-3,9-7-16)25(40)31-15(2)17-4-5-20(29-11-17)39-13-18(28)12-30-39/h4-5,10-13,15-16H,6-9H2,1-3H3,(H,31,40)(H4,32,33,34,35,36,37,38,41)/t15-,16-,27+/m0/s1. The van der Waals surface area contributed by atoms with Gasteiger partial charge in [-0.15, -0.1) is 0 Å². The Kier molecular flexibility index (Phi) is 7.02. The Bertz CT molecular complexity index is 1780. The normalized spacial score (nSPS) is 19.6. The summed E-state index contributed by atoms with van der Waals surface area (Å²) in [6, 6.07) is 5.02. The summed E-state index contributed by atoms with van der Waals surface area (Å²) in [5, 5.41) is 17.2. The molecule has 1 saturated carbocycles. The van der Waals surface area contributed by atoms with Gasteiger partial charge < -0.3 is 20.4 Å². The summed E-state index contributed by atoms with van der Waals surface area (Å²) in [5.41, 5.74) is 1.12. The Morgan fingerprint density at radius 1 is 1.21 bits per heavy atom. The number of hydrogen-bond acceptors (Lipinski definition) is 9. The average Bonchev–Trinajstić information content (AvgIpc) is 3.72. The first kappa shape index (κ1) is 27.3. The van der Waals surface area contributed by atoms with Gasteiger partial charge in [-0.25, -0.2) is 28.8 Å². The molecule has 0 spiro atoms. The molecule has 1 amide bonds. The van der Waals surface area contributed by atoms with Crippen LogP contribution in [0.15, 0.2) is 41.6 Å². The summed E-state index contributed by atoms with van der Waals surface area (Å²) in [7, 11) is 1.55. The number of H-pyrrole nitrogens is 3. The number of ether oxygens (including phenoxy) is 1. The van der Waals surface area contributed by atoms with Gasteiger partial charge in [0.25, 0.3) is 5.91 Å². The summed E-state index contributed by atoms with van der Waals surface area (Å²) in [5.74, 6) is 1.32. The highest BCUT2D eigenvalue weighted by Gasteiger charge is 2.43. The molecule has 5 N–H and O–H groups in total. The van der Waals surface area contributed by atoms with Crippen molar-refractivity contribution in [3.8, 4) is 5.82 Å². The topological polar surface area (TPSA) is 184 Å². The third kappa shape index (κ3) is 5.25. The van der Waals surface area contributed by atoms with Gasteiger partial charge in [-0.1, -0.05) is 6.07 Å². The van der Waals surface area contributed by atoms with Crippen molar-refractivity contribution in [2.24, 2.45) is 0 Å². The number of anilines is 2. The van der Waals surface area contributed by atoms with Crippen molar-refractivity contribution in [3.63, 3.8) is 0 Å². The maximum absolute atomic E-state index is 13.5. The summed E-state index contributed by atoms with van der Waals surface area (Å²) in [6.07, 6.45) is 6.11. The number of methoxy groups -OCH3 is 1. The smallest absolute Gasteiger partial charge is 0.325 e. The third-order valence-electron chi connectivity index (χ3n) is 7.72. The molecule has 5 aromatic heterocycles. The van der Waals surface area contributed by atoms with E-state index in [1.54, 1.807) is 19.4 Å². The number of aryl methyl sites for hydroxylation is 1. The van der Waals surface area contributed by atoms with Crippen LogP contribution in [0, 0.1) is 12.7 Å². The molecule has 218 valence electrons. The number of hydrogen-bond donors (Lipinski definition) is 5. The second-order valence-electron chi connectivity index (χ2n) is 10.5. The van der Waals surface area contributed by atoms with Gasteiger partial charge in [0.15, 0.2) is 28.9 Å². The number of carbonyl (C=O) groups is 1. The SMILES string of the molecule is CO[C@]1(C(=O)N[C@@H](C)c2ccc(-n3cc(F)cn3)nc2)CC[C@H](c2nc(Nc3cc(C)[nH]n3)c3[nH]c(=O)[nH]c3n2)CC1. The first-order chi connectivity index (χ1) is 20.2. The first-order valence-corrected chi connectivity index (χ1v) is 13.5. The molecule has 14 nitrogen and oxygen atoms in total. The Labute approximate surface area is 238 Å². The Balaban J connectivity index is 1.15. The minimum absolute atomic E-state index is 0.0494. The fraction of sp³-hybridized carbons (Fsp3) is 0.370. The molecular formula is C27H30FN11O3. The molecule has 0 saturated heterocycles. The number of aromatic nitrogens is 9. The van der Waals surface area contributed by atoms with E-state index in [1.807, 2.05) is 26.0 Å². The van der Waals surface area contributed by atoms with Crippen LogP contribution in [-0.2, 0) is 9.53 Å². The van der Waals surface area contributed by atoms with Crippen LogP contribution < -0.4 is 16.3 Å². The number of rotatable bonds is 8. The second-order valence-corrected chi connectivity index (χ2v) is 10.5. The molecule has 0 bridgehead atoms. The van der Waals surface area contributed by atoms with Crippen LogP contribution in [-0.4, -0.2) is 63.5 Å². The minimum Gasteiger partial charge on any atom is -0.368 e. The van der Waals surface area contributed by atoms with E-state index in [0.29, 0.717) is 60.1 Å². The van der Waals surface area contributed by atoms with Gasteiger partial charge in [-0.05, 0) is 51.2 Å². The summed E-state index contributed by atoms with van der Waals surface area (Å²) in [4.78, 5) is 44.7. The number of carbonyl (C=O) groups excluding carboxylic acids is 1. The summed E-state index contributed by atoms with van der Waals surface area (Å²) < 4.78 is 20.5. The first-order valence-electron chi connectivity index (χ1n) is 13.5. The molecule has 5 heterocycles. The second kappa shape index (κ2) is 10.8. The van der Waals surface area contributed by atoms with E-state index >= 15 is 0 Å². The molecule has 0 aromatic carbocycles. The molecule has 5 aromatic rings. The lowest BCUT2D eigenvalue weighted by Crippen LogP contribution is -2.50. The summed E-state index contributed by atoms with van der Waals surface area (Å²) in [6.45, 7) is 3.75. The van der Waals surface area contributed by atoms with E-state index in [9.17, 15) is 14.0 Å². The number of aromatic amines is 3. The summed E-state index contributed by atoms with van der Waals surface area (Å²) >= 11 is 0. The van der Waals surface area contributed by atoms with Crippen LogP contribution >= 0.6 is 0 Å². The number of pyridine rings is 1. The molecule has 1 aliphatic rings. The highest BCUT2D eigenvalue weighted by atomic mass is 19.1. The monoisotopic (exact) mass is 575 g/mol. The van der Waals surface area contributed by atoms with Crippen molar-refractivity contribution in [1.29, 1.82) is 0 Å². The van der Waals surface area contributed by atoms with Crippen molar-refractivity contribution < 1.29 is 13.9 Å². The van der Waals surface area contributed by atoms with E-state index in [0.717, 1.165) is 17.5 Å². The Morgan fingerprint density at radius 3 is 2.67 bits per heavy atom. The lowest BCUT2D eigenvalue weighted by molar-refractivity contribution is -0.148. The number of halogens is 1. The quantitative estimate of drug-likeness (QED) is 0.185. The molecule has 0 radical (unpaired) electrons. The van der Waals surface area contributed by atoms with Crippen molar-refractivity contribution in [2.45, 2.75) is 57.1 Å². The van der Waals surface area contributed by atoms with Gasteiger partial charge in [0.2, 0.25) is 0 Å². The molecule has 1 atom stereocenters. The van der Waals surface area contributed by atoms with Crippen LogP contribution in [0.2, 0.25) is 0 Å². The predicted molar refractivity (Wildman–Crippen MR) is 150 cm³/mol. The van der Waals surface area contributed by atoms with E-state index < -0.39 is 11.4 Å². The van der Waals surface area contributed by atoms with Gasteiger partial charge in [0.1, 0.15) is 16.9 Å². The van der Waals surface area contributed by atoms with Gasteiger partial charge >= 0.3 is 5.69 Å². The van der Waals surface area contributed by atoms with Gasteiger partial charge in [0, 0.05) is 31.0 Å². The molecule has 0 aliphatic heterocycles. The number of imidazole rings is 1. The van der Waals surface area contributed by atoms with Gasteiger partial charge in [0.05, 0.1) is 18.4 Å². The van der Waals surface area contributed by atoms with Crippen LogP contribution in [0.5, 0.6) is 0 Å². The molecule has 0 unspecified atom stereocenters. The fourth-order valence-electron chi connectivity index (χ4n) is 5.31. The fourth-order valence-corrected chi connectivity index (χ4v) is 5.31. The van der Waals surface area contributed by atoms with Gasteiger partial charge in [-0.3, -0.25) is 14.9 Å². The molecule has 1 aliphatic carbocycles. The number of nitrogens with zero attached hydrogens (tertiary/aromatic N) is 6. The van der Waals surface area contributed by atoms with Crippen LogP contribution in [0.1, 0.15) is 61.6 Å². The molecule has 15 heteroatoms.